The van der Waals surface area contributed by atoms with E-state index in [9.17, 15) is 12.9 Å². The Hall–Kier alpha value is -1.77. The lowest BCUT2D eigenvalue weighted by Crippen LogP contribution is -2.09. The number of halogens is 3. The normalized spacial score (nSPS) is 11.6. The average molecular weight is 211 g/mol. The van der Waals surface area contributed by atoms with Crippen molar-refractivity contribution >= 4 is 13.1 Å². The van der Waals surface area contributed by atoms with Crippen molar-refractivity contribution < 1.29 is 12.9 Å². The van der Waals surface area contributed by atoms with Crippen molar-refractivity contribution in [1.82, 2.24) is 4.98 Å². The number of pyridine rings is 1. The third-order valence-corrected chi connectivity index (χ3v) is 1.70. The van der Waals surface area contributed by atoms with Crippen molar-refractivity contribution in [1.29, 1.82) is 5.26 Å². The molecule has 0 amide bonds. The van der Waals surface area contributed by atoms with Crippen LogP contribution in [0.15, 0.2) is 24.4 Å². The molecule has 0 bridgehead atoms. The van der Waals surface area contributed by atoms with Gasteiger partial charge in [-0.2, -0.15) is 5.26 Å². The van der Waals surface area contributed by atoms with Gasteiger partial charge in [-0.1, -0.05) is 6.08 Å². The number of aromatic nitrogens is 1. The van der Waals surface area contributed by atoms with Gasteiger partial charge in [-0.3, -0.25) is 4.98 Å². The molecule has 2 nitrogen and oxygen atoms in total. The largest absolute Gasteiger partial charge is 0.502 e. The number of nitrogens with zero attached hydrogens (tertiary/aromatic N) is 2. The predicted octanol–water partition coefficient (Wildman–Crippen LogP) is 2.55. The zero-order chi connectivity index (χ0) is 11.3. The summed E-state index contributed by atoms with van der Waals surface area (Å²) in [7, 11) is 0. The van der Waals surface area contributed by atoms with E-state index in [0.717, 1.165) is 6.08 Å². The first-order valence-electron chi connectivity index (χ1n) is 4.22. The van der Waals surface area contributed by atoms with E-state index >= 15 is 0 Å². The quantitative estimate of drug-likeness (QED) is 0.720. The van der Waals surface area contributed by atoms with Gasteiger partial charge in [0.25, 0.3) is 0 Å². The Balaban J connectivity index is 2.95. The first kappa shape index (κ1) is 11.3. The van der Waals surface area contributed by atoms with Crippen molar-refractivity contribution in [3.63, 3.8) is 0 Å². The zero-order valence-electron chi connectivity index (χ0n) is 7.70. The molecule has 0 aromatic carbocycles. The van der Waals surface area contributed by atoms with Gasteiger partial charge in [0.1, 0.15) is 0 Å². The monoisotopic (exact) mass is 211 g/mol. The van der Waals surface area contributed by atoms with Gasteiger partial charge in [-0.05, 0) is 17.2 Å². The van der Waals surface area contributed by atoms with Crippen LogP contribution >= 0.6 is 0 Å². The van der Waals surface area contributed by atoms with E-state index < -0.39 is 6.98 Å². The van der Waals surface area contributed by atoms with Gasteiger partial charge < -0.3 is 12.9 Å². The lowest BCUT2D eigenvalue weighted by molar-refractivity contribution is 0.499. The molecular weight excluding hydrogens is 204 g/mol. The van der Waals surface area contributed by atoms with Gasteiger partial charge in [0.05, 0.1) is 12.5 Å². The van der Waals surface area contributed by atoms with Gasteiger partial charge in [0.2, 0.25) is 0 Å². The molecule has 0 N–H and O–H groups in total. The van der Waals surface area contributed by atoms with Crippen LogP contribution in [0.1, 0.15) is 11.1 Å². The van der Waals surface area contributed by atoms with Gasteiger partial charge in [-0.25, -0.2) is 0 Å². The first-order chi connectivity index (χ1) is 7.03. The van der Waals surface area contributed by atoms with E-state index in [1.54, 1.807) is 0 Å². The molecule has 0 spiro atoms. The lowest BCUT2D eigenvalue weighted by Gasteiger charge is -2.07. The standard InChI is InChI=1S/C9H7BF3N2/c11-10(12,13)4-1-8-3-6-15-7-9(8)2-5-14/h1,3-4,6-7H,2H2/q-1/b4-1+. The average Bonchev–Trinajstić information content (AvgIpc) is 2.16. The SMILES string of the molecule is N#CCc1cnccc1/C=C/[B-](F)(F)F. The van der Waals surface area contributed by atoms with E-state index in [2.05, 4.69) is 4.98 Å². The van der Waals surface area contributed by atoms with E-state index in [-0.39, 0.29) is 12.4 Å². The highest BCUT2D eigenvalue weighted by Gasteiger charge is 2.17. The van der Waals surface area contributed by atoms with Crippen molar-refractivity contribution in [3.8, 4) is 6.07 Å². The fourth-order valence-electron chi connectivity index (χ4n) is 1.05. The summed E-state index contributed by atoms with van der Waals surface area (Å²) in [5, 5.41) is 8.45. The molecule has 1 rings (SSSR count). The molecule has 0 unspecified atom stereocenters. The van der Waals surface area contributed by atoms with Crippen LogP contribution in [0.3, 0.4) is 0 Å². The topological polar surface area (TPSA) is 36.7 Å². The second-order valence-corrected chi connectivity index (χ2v) is 2.89. The minimum atomic E-state index is -4.94. The molecule has 0 aliphatic heterocycles. The van der Waals surface area contributed by atoms with Crippen LogP contribution in [-0.4, -0.2) is 12.0 Å². The molecule has 15 heavy (non-hydrogen) atoms. The molecule has 0 saturated heterocycles. The van der Waals surface area contributed by atoms with Crippen LogP contribution in [0.5, 0.6) is 0 Å². The fourth-order valence-corrected chi connectivity index (χ4v) is 1.05. The van der Waals surface area contributed by atoms with Crippen molar-refractivity contribution in [3.05, 3.63) is 35.6 Å². The van der Waals surface area contributed by atoms with Crippen molar-refractivity contribution in [2.24, 2.45) is 0 Å². The maximum atomic E-state index is 12.0. The molecule has 1 heterocycles. The van der Waals surface area contributed by atoms with E-state index in [4.69, 9.17) is 5.26 Å². The highest BCUT2D eigenvalue weighted by atomic mass is 19.4. The van der Waals surface area contributed by atoms with Crippen LogP contribution in [0.25, 0.3) is 6.08 Å². The number of hydrogen-bond donors (Lipinski definition) is 0. The first-order valence-corrected chi connectivity index (χ1v) is 4.22. The van der Waals surface area contributed by atoms with Gasteiger partial charge in [0, 0.05) is 12.4 Å². The summed E-state index contributed by atoms with van der Waals surface area (Å²) in [5.41, 5.74) is 0.877. The lowest BCUT2D eigenvalue weighted by atomic mass is 9.90. The molecular formula is C9H7BF3N2-. The van der Waals surface area contributed by atoms with Gasteiger partial charge in [0.15, 0.2) is 0 Å². The van der Waals surface area contributed by atoms with E-state index in [0.29, 0.717) is 11.1 Å². The Kier molecular flexibility index (Phi) is 3.50. The third kappa shape index (κ3) is 3.85. The van der Waals surface area contributed by atoms with E-state index in [1.807, 2.05) is 6.07 Å². The summed E-state index contributed by atoms with van der Waals surface area (Å²) >= 11 is 0. The minimum Gasteiger partial charge on any atom is -0.445 e. The Labute approximate surface area is 85.1 Å². The van der Waals surface area contributed by atoms with E-state index in [1.165, 1.54) is 18.5 Å². The Morgan fingerprint density at radius 2 is 2.20 bits per heavy atom. The maximum Gasteiger partial charge on any atom is 0.502 e. The minimum absolute atomic E-state index is 0.0539. The second-order valence-electron chi connectivity index (χ2n) is 2.89. The van der Waals surface area contributed by atoms with Crippen molar-refractivity contribution in [2.75, 3.05) is 0 Å². The molecule has 6 heteroatoms. The van der Waals surface area contributed by atoms with Crippen LogP contribution in [-0.2, 0) is 6.42 Å². The summed E-state index contributed by atoms with van der Waals surface area (Å²) in [4.78, 5) is 3.75. The summed E-state index contributed by atoms with van der Waals surface area (Å²) in [6, 6.07) is 3.32. The molecule has 0 aliphatic carbocycles. The maximum absolute atomic E-state index is 12.0. The van der Waals surface area contributed by atoms with Gasteiger partial charge >= 0.3 is 6.98 Å². The smallest absolute Gasteiger partial charge is 0.445 e. The number of rotatable bonds is 3. The van der Waals surface area contributed by atoms with Crippen LogP contribution in [0.4, 0.5) is 12.9 Å². The molecule has 0 saturated carbocycles. The predicted molar refractivity (Wildman–Crippen MR) is 51.7 cm³/mol. The molecule has 1 aromatic rings. The van der Waals surface area contributed by atoms with Crippen molar-refractivity contribution in [2.45, 2.75) is 6.42 Å². The summed E-state index contributed by atoms with van der Waals surface area (Å²) in [6.07, 6.45) is 3.81. The fraction of sp³-hybridized carbons (Fsp3) is 0.111. The second kappa shape index (κ2) is 4.64. The molecule has 0 fully saturated rings. The molecule has 0 atom stereocenters. The molecule has 0 radical (unpaired) electrons. The van der Waals surface area contributed by atoms with Crippen LogP contribution in [0, 0.1) is 11.3 Å². The summed E-state index contributed by atoms with van der Waals surface area (Å²) in [5.74, 6) is 0.205. The number of hydrogen-bond acceptors (Lipinski definition) is 2. The van der Waals surface area contributed by atoms with Gasteiger partial charge in [-0.15, -0.1) is 5.98 Å². The Morgan fingerprint density at radius 1 is 1.47 bits per heavy atom. The molecule has 78 valence electrons. The number of nitriles is 1. The Morgan fingerprint density at radius 3 is 2.80 bits per heavy atom. The summed E-state index contributed by atoms with van der Waals surface area (Å²) < 4.78 is 35.9. The Bertz CT molecular complexity index is 407. The molecule has 1 aromatic heterocycles. The zero-order valence-corrected chi connectivity index (χ0v) is 7.70. The highest BCUT2D eigenvalue weighted by molar-refractivity contribution is 6.64. The van der Waals surface area contributed by atoms with Crippen LogP contribution in [0.2, 0.25) is 0 Å². The third-order valence-electron chi connectivity index (χ3n) is 1.70. The molecule has 0 aliphatic rings. The highest BCUT2D eigenvalue weighted by Crippen LogP contribution is 2.15. The van der Waals surface area contributed by atoms with Crippen LogP contribution < -0.4 is 0 Å². The summed E-state index contributed by atoms with van der Waals surface area (Å²) in [6.45, 7) is -4.94.